The van der Waals surface area contributed by atoms with E-state index in [1.54, 1.807) is 30.3 Å². The van der Waals surface area contributed by atoms with Gasteiger partial charge in [-0.3, -0.25) is 0 Å². The van der Waals surface area contributed by atoms with Crippen molar-refractivity contribution in [3.63, 3.8) is 0 Å². The zero-order valence-corrected chi connectivity index (χ0v) is 14.0. The maximum absolute atomic E-state index is 9.47. The Labute approximate surface area is 148 Å². The number of aliphatic hydroxyl groups is 1. The zero-order valence-electron chi connectivity index (χ0n) is 12.5. The summed E-state index contributed by atoms with van der Waals surface area (Å²) in [4.78, 5) is 8.10. The summed E-state index contributed by atoms with van der Waals surface area (Å²) in [6.45, 7) is 0.00259. The van der Waals surface area contributed by atoms with E-state index in [9.17, 15) is 5.11 Å². The number of rotatable bonds is 4. The Hall–Kier alpha value is -2.28. The van der Waals surface area contributed by atoms with Gasteiger partial charge >= 0.3 is 0 Å². The fraction of sp³-hybridized carbons (Fsp3) is 0.125. The van der Waals surface area contributed by atoms with E-state index in [-0.39, 0.29) is 25.0 Å². The molecule has 0 amide bonds. The third kappa shape index (κ3) is 3.17. The lowest BCUT2D eigenvalue weighted by Gasteiger charge is -2.13. The Morgan fingerprint density at radius 1 is 1.04 bits per heavy atom. The van der Waals surface area contributed by atoms with Crippen LogP contribution < -0.4 is 16.2 Å². The van der Waals surface area contributed by atoms with E-state index < -0.39 is 0 Å². The number of hydrogen-bond donors (Lipinski definition) is 3. The van der Waals surface area contributed by atoms with Gasteiger partial charge in [-0.2, -0.15) is 4.98 Å². The van der Waals surface area contributed by atoms with Gasteiger partial charge in [0.15, 0.2) is 0 Å². The van der Waals surface area contributed by atoms with Crippen LogP contribution in [-0.2, 0) is 13.2 Å². The van der Waals surface area contributed by atoms with Crippen molar-refractivity contribution in [3.8, 4) is 5.75 Å². The first-order valence-electron chi connectivity index (χ1n) is 7.01. The van der Waals surface area contributed by atoms with Crippen LogP contribution in [0.1, 0.15) is 11.1 Å². The molecule has 0 aliphatic heterocycles. The minimum Gasteiger partial charge on any atom is -0.488 e. The van der Waals surface area contributed by atoms with Crippen LogP contribution in [0.15, 0.2) is 30.3 Å². The highest BCUT2D eigenvalue weighted by Crippen LogP contribution is 2.31. The SMILES string of the molecule is Nc1nc(N)c2c(OCc3cc(Cl)c(Cl)cc3CO)cccc2n1. The second-order valence-electron chi connectivity index (χ2n) is 5.10. The molecule has 0 spiro atoms. The van der Waals surface area contributed by atoms with Gasteiger partial charge in [0.05, 0.1) is 27.6 Å². The van der Waals surface area contributed by atoms with E-state index in [1.165, 1.54) is 0 Å². The van der Waals surface area contributed by atoms with Crippen molar-refractivity contribution >= 4 is 45.9 Å². The molecule has 1 aromatic heterocycles. The van der Waals surface area contributed by atoms with Crippen molar-refractivity contribution in [3.05, 3.63) is 51.5 Å². The van der Waals surface area contributed by atoms with Crippen molar-refractivity contribution in [2.24, 2.45) is 0 Å². The number of nitrogen functional groups attached to an aromatic ring is 2. The van der Waals surface area contributed by atoms with E-state index in [4.69, 9.17) is 39.4 Å². The summed E-state index contributed by atoms with van der Waals surface area (Å²) in [6.07, 6.45) is 0. The number of benzene rings is 2. The Bertz CT molecular complexity index is 918. The molecular formula is C16H14Cl2N4O2. The Balaban J connectivity index is 1.96. The highest BCUT2D eigenvalue weighted by molar-refractivity contribution is 6.42. The molecule has 0 bridgehead atoms. The van der Waals surface area contributed by atoms with Gasteiger partial charge in [0, 0.05) is 0 Å². The van der Waals surface area contributed by atoms with Gasteiger partial charge in [0.1, 0.15) is 18.2 Å². The highest BCUT2D eigenvalue weighted by Gasteiger charge is 2.12. The number of nitrogens with two attached hydrogens (primary N) is 2. The molecule has 5 N–H and O–H groups in total. The van der Waals surface area contributed by atoms with E-state index in [1.807, 2.05) is 0 Å². The number of fused-ring (bicyclic) bond motifs is 1. The van der Waals surface area contributed by atoms with Crippen LogP contribution in [-0.4, -0.2) is 15.1 Å². The largest absolute Gasteiger partial charge is 0.488 e. The van der Waals surface area contributed by atoms with E-state index >= 15 is 0 Å². The third-order valence-corrected chi connectivity index (χ3v) is 4.25. The fourth-order valence-corrected chi connectivity index (χ4v) is 2.76. The van der Waals surface area contributed by atoms with Gasteiger partial charge < -0.3 is 21.3 Å². The summed E-state index contributed by atoms with van der Waals surface area (Å²) in [7, 11) is 0. The van der Waals surface area contributed by atoms with Crippen LogP contribution in [0.4, 0.5) is 11.8 Å². The maximum Gasteiger partial charge on any atom is 0.222 e. The minimum atomic E-state index is -0.174. The second-order valence-corrected chi connectivity index (χ2v) is 5.91. The Kier molecular flexibility index (Phi) is 4.62. The molecule has 0 saturated heterocycles. The predicted molar refractivity (Wildman–Crippen MR) is 95.1 cm³/mol. The average molecular weight is 365 g/mol. The zero-order chi connectivity index (χ0) is 17.3. The number of halogens is 2. The number of anilines is 2. The number of aliphatic hydroxyl groups excluding tert-OH is 1. The normalized spacial score (nSPS) is 11.0. The lowest BCUT2D eigenvalue weighted by molar-refractivity contribution is 0.270. The molecule has 0 radical (unpaired) electrons. The van der Waals surface area contributed by atoms with Gasteiger partial charge in [0.25, 0.3) is 0 Å². The molecule has 0 aliphatic carbocycles. The Morgan fingerprint density at radius 2 is 1.75 bits per heavy atom. The summed E-state index contributed by atoms with van der Waals surface area (Å²) in [5.41, 5.74) is 13.5. The number of ether oxygens (including phenoxy) is 1. The van der Waals surface area contributed by atoms with Crippen molar-refractivity contribution in [1.82, 2.24) is 9.97 Å². The first-order valence-corrected chi connectivity index (χ1v) is 7.77. The van der Waals surface area contributed by atoms with Crippen LogP contribution in [0.25, 0.3) is 10.9 Å². The number of nitrogens with zero attached hydrogens (tertiary/aromatic N) is 2. The van der Waals surface area contributed by atoms with Crippen molar-refractivity contribution < 1.29 is 9.84 Å². The van der Waals surface area contributed by atoms with E-state index in [0.717, 1.165) is 5.56 Å². The van der Waals surface area contributed by atoms with Crippen molar-refractivity contribution in [2.45, 2.75) is 13.2 Å². The summed E-state index contributed by atoms with van der Waals surface area (Å²) in [6, 6.07) is 8.59. The number of aromatic nitrogens is 2. The molecule has 0 atom stereocenters. The predicted octanol–water partition coefficient (Wildman–Crippen LogP) is 3.17. The molecule has 3 rings (SSSR count). The molecule has 0 aliphatic rings. The molecule has 3 aromatic rings. The van der Waals surface area contributed by atoms with Gasteiger partial charge in [0.2, 0.25) is 5.95 Å². The molecule has 24 heavy (non-hydrogen) atoms. The van der Waals surface area contributed by atoms with Gasteiger partial charge in [-0.25, -0.2) is 4.98 Å². The van der Waals surface area contributed by atoms with Crippen LogP contribution in [0, 0.1) is 0 Å². The molecule has 0 saturated carbocycles. The Morgan fingerprint density at radius 3 is 2.46 bits per heavy atom. The monoisotopic (exact) mass is 364 g/mol. The van der Waals surface area contributed by atoms with E-state index in [2.05, 4.69) is 9.97 Å². The van der Waals surface area contributed by atoms with Crippen LogP contribution in [0.3, 0.4) is 0 Å². The topological polar surface area (TPSA) is 107 Å². The molecule has 0 unspecified atom stereocenters. The van der Waals surface area contributed by atoms with Crippen LogP contribution in [0.5, 0.6) is 5.75 Å². The van der Waals surface area contributed by atoms with Crippen LogP contribution in [0.2, 0.25) is 10.0 Å². The molecule has 8 heteroatoms. The van der Waals surface area contributed by atoms with Gasteiger partial charge in [-0.1, -0.05) is 29.3 Å². The van der Waals surface area contributed by atoms with Crippen molar-refractivity contribution in [2.75, 3.05) is 11.5 Å². The molecule has 0 fully saturated rings. The van der Waals surface area contributed by atoms with Crippen molar-refractivity contribution in [1.29, 1.82) is 0 Å². The van der Waals surface area contributed by atoms with E-state index in [0.29, 0.717) is 32.3 Å². The highest BCUT2D eigenvalue weighted by atomic mass is 35.5. The summed E-state index contributed by atoms with van der Waals surface area (Å²) >= 11 is 12.0. The first-order chi connectivity index (χ1) is 11.5. The third-order valence-electron chi connectivity index (χ3n) is 3.53. The van der Waals surface area contributed by atoms with Gasteiger partial charge in [-0.05, 0) is 35.4 Å². The lowest BCUT2D eigenvalue weighted by Crippen LogP contribution is -2.04. The molecule has 1 heterocycles. The summed E-state index contributed by atoms with van der Waals surface area (Å²) in [5.74, 6) is 0.855. The molecule has 124 valence electrons. The van der Waals surface area contributed by atoms with Crippen LogP contribution >= 0.6 is 23.2 Å². The van der Waals surface area contributed by atoms with Gasteiger partial charge in [-0.15, -0.1) is 0 Å². The average Bonchev–Trinajstić information content (AvgIpc) is 2.54. The summed E-state index contributed by atoms with van der Waals surface area (Å²) in [5, 5.41) is 10.8. The standard InChI is InChI=1S/C16H14Cl2N4O2/c17-10-4-8(6-23)9(5-11(10)18)7-24-13-3-1-2-12-14(13)15(19)22-16(20)21-12/h1-5,23H,6-7H2,(H4,19,20,21,22). The fourth-order valence-electron chi connectivity index (χ4n) is 2.38. The lowest BCUT2D eigenvalue weighted by atomic mass is 10.1. The smallest absolute Gasteiger partial charge is 0.222 e. The molecule has 2 aromatic carbocycles. The first kappa shape index (κ1) is 16.6. The second kappa shape index (κ2) is 6.68. The minimum absolute atomic E-state index is 0.101. The maximum atomic E-state index is 9.47. The number of hydrogen-bond acceptors (Lipinski definition) is 6. The molecular weight excluding hydrogens is 351 g/mol. The summed E-state index contributed by atoms with van der Waals surface area (Å²) < 4.78 is 5.85. The molecule has 6 nitrogen and oxygen atoms in total. The quantitative estimate of drug-likeness (QED) is 0.656.